The molecule has 16 heavy (non-hydrogen) atoms. The topological polar surface area (TPSA) is 46.3 Å². The number of nitrogens with two attached hydrogens (primary N) is 1. The van der Waals surface area contributed by atoms with E-state index in [2.05, 4.69) is 18.7 Å². The third-order valence-corrected chi connectivity index (χ3v) is 2.65. The lowest BCUT2D eigenvalue weighted by Gasteiger charge is -2.23. The van der Waals surface area contributed by atoms with Gasteiger partial charge in [0.1, 0.15) is 0 Å². The molecule has 0 radical (unpaired) electrons. The van der Waals surface area contributed by atoms with Crippen LogP contribution in [0.2, 0.25) is 0 Å². The Morgan fingerprint density at radius 2 is 2.06 bits per heavy atom. The van der Waals surface area contributed by atoms with Crippen LogP contribution in [0, 0.1) is 0 Å². The van der Waals surface area contributed by atoms with Crippen molar-refractivity contribution in [3.63, 3.8) is 0 Å². The highest BCUT2D eigenvalue weighted by Crippen LogP contribution is 2.22. The Hall–Kier alpha value is -1.51. The summed E-state index contributed by atoms with van der Waals surface area (Å²) in [5.41, 5.74) is 8.13. The van der Waals surface area contributed by atoms with Crippen molar-refractivity contribution in [1.29, 1.82) is 0 Å². The van der Waals surface area contributed by atoms with Crippen LogP contribution >= 0.6 is 0 Å². The molecule has 0 aliphatic rings. The molecule has 0 fully saturated rings. The van der Waals surface area contributed by atoms with E-state index in [1.54, 1.807) is 0 Å². The number of hydrogen-bond acceptors (Lipinski definition) is 3. The van der Waals surface area contributed by atoms with Crippen molar-refractivity contribution in [2.45, 2.75) is 27.2 Å². The van der Waals surface area contributed by atoms with E-state index < -0.39 is 0 Å². The summed E-state index contributed by atoms with van der Waals surface area (Å²) >= 11 is 0. The molecule has 0 bridgehead atoms. The summed E-state index contributed by atoms with van der Waals surface area (Å²) in [4.78, 5) is 13.5. The Kier molecular flexibility index (Phi) is 4.35. The number of Topliss-reactive ketones (excluding diaryl/α,β-unsaturated/α-hetero) is 1. The van der Waals surface area contributed by atoms with Gasteiger partial charge in [0.2, 0.25) is 0 Å². The molecule has 3 nitrogen and oxygen atoms in total. The zero-order valence-electron chi connectivity index (χ0n) is 10.3. The first kappa shape index (κ1) is 12.6. The predicted molar refractivity (Wildman–Crippen MR) is 69.0 cm³/mol. The molecule has 0 spiro atoms. The second-order valence-electron chi connectivity index (χ2n) is 3.91. The number of anilines is 2. The van der Waals surface area contributed by atoms with Gasteiger partial charge < -0.3 is 10.6 Å². The minimum absolute atomic E-state index is 0.0163. The van der Waals surface area contributed by atoms with Crippen molar-refractivity contribution in [3.8, 4) is 0 Å². The van der Waals surface area contributed by atoms with Crippen molar-refractivity contribution >= 4 is 17.2 Å². The monoisotopic (exact) mass is 220 g/mol. The van der Waals surface area contributed by atoms with E-state index in [0.29, 0.717) is 11.3 Å². The SMILES string of the molecule is CCCN(CC)c1ccc(C(C)=O)c(N)c1. The fourth-order valence-electron chi connectivity index (χ4n) is 1.81. The summed E-state index contributed by atoms with van der Waals surface area (Å²) in [6.07, 6.45) is 1.10. The number of benzene rings is 1. The zero-order chi connectivity index (χ0) is 12.1. The number of rotatable bonds is 5. The molecule has 0 aliphatic heterocycles. The number of nitrogens with zero attached hydrogens (tertiary/aromatic N) is 1. The maximum atomic E-state index is 11.2. The largest absolute Gasteiger partial charge is 0.398 e. The van der Waals surface area contributed by atoms with Crippen molar-refractivity contribution in [1.82, 2.24) is 0 Å². The summed E-state index contributed by atoms with van der Waals surface area (Å²) in [6.45, 7) is 7.76. The molecule has 88 valence electrons. The van der Waals surface area contributed by atoms with Crippen molar-refractivity contribution in [2.75, 3.05) is 23.7 Å². The number of ketones is 1. The second-order valence-corrected chi connectivity index (χ2v) is 3.91. The van der Waals surface area contributed by atoms with Crippen LogP contribution in [-0.2, 0) is 0 Å². The number of hydrogen-bond donors (Lipinski definition) is 1. The lowest BCUT2D eigenvalue weighted by molar-refractivity contribution is 0.101. The van der Waals surface area contributed by atoms with Gasteiger partial charge in [0.05, 0.1) is 0 Å². The normalized spacial score (nSPS) is 10.2. The van der Waals surface area contributed by atoms with E-state index in [0.717, 1.165) is 25.2 Å². The van der Waals surface area contributed by atoms with Crippen LogP contribution in [0.25, 0.3) is 0 Å². The highest BCUT2D eigenvalue weighted by Gasteiger charge is 2.08. The molecular weight excluding hydrogens is 200 g/mol. The van der Waals surface area contributed by atoms with Crippen LogP contribution in [0.4, 0.5) is 11.4 Å². The third-order valence-electron chi connectivity index (χ3n) is 2.65. The van der Waals surface area contributed by atoms with Gasteiger partial charge in [0.15, 0.2) is 5.78 Å². The van der Waals surface area contributed by atoms with E-state index in [4.69, 9.17) is 5.73 Å². The van der Waals surface area contributed by atoms with Gasteiger partial charge in [-0.3, -0.25) is 4.79 Å². The first-order chi connectivity index (χ1) is 7.60. The van der Waals surface area contributed by atoms with Crippen LogP contribution in [0.1, 0.15) is 37.6 Å². The molecule has 1 aromatic rings. The summed E-state index contributed by atoms with van der Waals surface area (Å²) in [7, 11) is 0. The van der Waals surface area contributed by atoms with Crippen molar-refractivity contribution in [3.05, 3.63) is 23.8 Å². The molecule has 1 rings (SSSR count). The molecule has 2 N–H and O–H groups in total. The van der Waals surface area contributed by atoms with Crippen LogP contribution in [0.15, 0.2) is 18.2 Å². The lowest BCUT2D eigenvalue weighted by Crippen LogP contribution is -2.23. The number of nitrogen functional groups attached to an aromatic ring is 1. The average molecular weight is 220 g/mol. The Morgan fingerprint density at radius 3 is 2.50 bits per heavy atom. The van der Waals surface area contributed by atoms with E-state index >= 15 is 0 Å². The first-order valence-corrected chi connectivity index (χ1v) is 5.75. The van der Waals surface area contributed by atoms with Gasteiger partial charge in [-0.2, -0.15) is 0 Å². The molecule has 0 aromatic heterocycles. The number of carbonyl (C=O) groups is 1. The molecule has 1 aromatic carbocycles. The minimum atomic E-state index is 0.0163. The smallest absolute Gasteiger partial charge is 0.161 e. The van der Waals surface area contributed by atoms with E-state index in [9.17, 15) is 4.79 Å². The lowest BCUT2D eigenvalue weighted by atomic mass is 10.1. The molecule has 0 heterocycles. The fraction of sp³-hybridized carbons (Fsp3) is 0.462. The molecule has 0 aliphatic carbocycles. The van der Waals surface area contributed by atoms with Gasteiger partial charge in [0, 0.05) is 30.0 Å². The summed E-state index contributed by atoms with van der Waals surface area (Å²) in [5.74, 6) is 0.0163. The van der Waals surface area contributed by atoms with Gasteiger partial charge in [-0.1, -0.05) is 6.92 Å². The fourth-order valence-corrected chi connectivity index (χ4v) is 1.81. The van der Waals surface area contributed by atoms with Crippen LogP contribution in [-0.4, -0.2) is 18.9 Å². The van der Waals surface area contributed by atoms with Crippen molar-refractivity contribution in [2.24, 2.45) is 0 Å². The maximum absolute atomic E-state index is 11.2. The minimum Gasteiger partial charge on any atom is -0.398 e. The third kappa shape index (κ3) is 2.75. The van der Waals surface area contributed by atoms with Gasteiger partial charge in [-0.15, -0.1) is 0 Å². The molecule has 0 amide bonds. The summed E-state index contributed by atoms with van der Waals surface area (Å²) in [5, 5.41) is 0. The van der Waals surface area contributed by atoms with Crippen molar-refractivity contribution < 1.29 is 4.79 Å². The van der Waals surface area contributed by atoms with E-state index in [-0.39, 0.29) is 5.78 Å². The maximum Gasteiger partial charge on any atom is 0.161 e. The average Bonchev–Trinajstić information content (AvgIpc) is 2.25. The zero-order valence-corrected chi connectivity index (χ0v) is 10.3. The molecular formula is C13H20N2O. The predicted octanol–water partition coefficient (Wildman–Crippen LogP) is 2.71. The summed E-state index contributed by atoms with van der Waals surface area (Å²) in [6, 6.07) is 5.66. The molecule has 0 saturated heterocycles. The number of carbonyl (C=O) groups excluding carboxylic acids is 1. The molecule has 0 unspecified atom stereocenters. The van der Waals surface area contributed by atoms with Gasteiger partial charge >= 0.3 is 0 Å². The highest BCUT2D eigenvalue weighted by atomic mass is 16.1. The Morgan fingerprint density at radius 1 is 1.38 bits per heavy atom. The Balaban J connectivity index is 2.99. The Bertz CT molecular complexity index is 374. The standard InChI is InChI=1S/C13H20N2O/c1-4-8-15(5-2)11-6-7-12(10(3)16)13(14)9-11/h6-7,9H,4-5,8,14H2,1-3H3. The molecule has 0 atom stereocenters. The van der Waals surface area contributed by atoms with Gasteiger partial charge in [0.25, 0.3) is 0 Å². The van der Waals surface area contributed by atoms with Crippen LogP contribution in [0.3, 0.4) is 0 Å². The van der Waals surface area contributed by atoms with Crippen LogP contribution in [0.5, 0.6) is 0 Å². The molecule has 3 heteroatoms. The van der Waals surface area contributed by atoms with E-state index in [1.807, 2.05) is 18.2 Å². The highest BCUT2D eigenvalue weighted by molar-refractivity contribution is 5.99. The second kappa shape index (κ2) is 5.54. The quantitative estimate of drug-likeness (QED) is 0.613. The van der Waals surface area contributed by atoms with Gasteiger partial charge in [-0.25, -0.2) is 0 Å². The Labute approximate surface area is 97.2 Å². The van der Waals surface area contributed by atoms with Crippen LogP contribution < -0.4 is 10.6 Å². The van der Waals surface area contributed by atoms with E-state index in [1.165, 1.54) is 6.92 Å². The first-order valence-electron chi connectivity index (χ1n) is 5.75. The summed E-state index contributed by atoms with van der Waals surface area (Å²) < 4.78 is 0. The van der Waals surface area contributed by atoms with Gasteiger partial charge in [-0.05, 0) is 38.5 Å². The molecule has 0 saturated carbocycles.